The van der Waals surface area contributed by atoms with Crippen molar-refractivity contribution in [1.82, 2.24) is 20.2 Å². The molecule has 1 aromatic carbocycles. The standard InChI is InChI=1S/C29H32N6O3/c36-27(32-16-20-9-12-35(13-10-20)19-21-4-2-1-3-5-21)24-14-25(18-30-17-24)33-29(38)23-8-11-31-26(15-23)34-28(37)22-6-7-22/h1-5,8,11,14-15,17-18,20,22H,6-7,9-10,12-13,16,19H2,(H,32,36)(H,33,38)(H,31,34,37). The highest BCUT2D eigenvalue weighted by Gasteiger charge is 2.30. The van der Waals surface area contributed by atoms with E-state index in [4.69, 9.17) is 0 Å². The summed E-state index contributed by atoms with van der Waals surface area (Å²) in [6, 6.07) is 15.2. The topological polar surface area (TPSA) is 116 Å². The van der Waals surface area contributed by atoms with Gasteiger partial charge in [0.25, 0.3) is 11.8 Å². The average Bonchev–Trinajstić information content (AvgIpc) is 3.79. The molecular formula is C29H32N6O3. The molecule has 9 nitrogen and oxygen atoms in total. The van der Waals surface area contributed by atoms with E-state index in [1.165, 1.54) is 30.2 Å². The number of nitrogens with one attached hydrogen (secondary N) is 3. The zero-order valence-electron chi connectivity index (χ0n) is 21.2. The summed E-state index contributed by atoms with van der Waals surface area (Å²) < 4.78 is 0. The lowest BCUT2D eigenvalue weighted by molar-refractivity contribution is -0.117. The van der Waals surface area contributed by atoms with Gasteiger partial charge in [-0.3, -0.25) is 24.3 Å². The fourth-order valence-electron chi connectivity index (χ4n) is 4.58. The van der Waals surface area contributed by atoms with E-state index in [1.807, 2.05) is 6.07 Å². The summed E-state index contributed by atoms with van der Waals surface area (Å²) in [4.78, 5) is 48.2. The van der Waals surface area contributed by atoms with Crippen LogP contribution >= 0.6 is 0 Å². The minimum Gasteiger partial charge on any atom is -0.352 e. The number of hydrogen-bond donors (Lipinski definition) is 3. The number of carbonyl (C=O) groups is 3. The van der Waals surface area contributed by atoms with Crippen LogP contribution in [0.5, 0.6) is 0 Å². The maximum Gasteiger partial charge on any atom is 0.255 e. The first-order valence-corrected chi connectivity index (χ1v) is 13.1. The zero-order valence-corrected chi connectivity index (χ0v) is 21.2. The van der Waals surface area contributed by atoms with E-state index in [1.54, 1.807) is 12.1 Å². The van der Waals surface area contributed by atoms with E-state index in [9.17, 15) is 14.4 Å². The molecule has 38 heavy (non-hydrogen) atoms. The quantitative estimate of drug-likeness (QED) is 0.402. The Labute approximate surface area is 222 Å². The molecule has 0 spiro atoms. The number of aromatic nitrogens is 2. The largest absolute Gasteiger partial charge is 0.352 e. The number of carbonyl (C=O) groups excluding carboxylic acids is 3. The van der Waals surface area contributed by atoms with Crippen LogP contribution < -0.4 is 16.0 Å². The predicted octanol–water partition coefficient (Wildman–Crippen LogP) is 3.72. The van der Waals surface area contributed by atoms with Gasteiger partial charge in [0.05, 0.1) is 17.4 Å². The second-order valence-electron chi connectivity index (χ2n) is 10.0. The molecule has 9 heteroatoms. The van der Waals surface area contributed by atoms with Crippen LogP contribution in [-0.2, 0) is 11.3 Å². The normalized spacial score (nSPS) is 16.0. The lowest BCUT2D eigenvalue weighted by atomic mass is 9.96. The van der Waals surface area contributed by atoms with Crippen LogP contribution in [0, 0.1) is 11.8 Å². The third kappa shape index (κ3) is 7.01. The fourth-order valence-corrected chi connectivity index (χ4v) is 4.58. The van der Waals surface area contributed by atoms with Crippen molar-refractivity contribution in [2.75, 3.05) is 30.3 Å². The number of anilines is 2. The Bertz CT molecular complexity index is 1290. The minimum absolute atomic E-state index is 0.0432. The first-order chi connectivity index (χ1) is 18.5. The third-order valence-electron chi connectivity index (χ3n) is 6.99. The molecule has 1 saturated heterocycles. The van der Waals surface area contributed by atoms with Crippen LogP contribution in [0.2, 0.25) is 0 Å². The molecule has 5 rings (SSSR count). The lowest BCUT2D eigenvalue weighted by Crippen LogP contribution is -2.38. The van der Waals surface area contributed by atoms with Gasteiger partial charge in [0, 0.05) is 37.0 Å². The molecule has 2 aromatic heterocycles. The maximum atomic E-state index is 12.8. The molecule has 1 aliphatic carbocycles. The Morgan fingerprint density at radius 1 is 0.868 bits per heavy atom. The molecule has 0 atom stereocenters. The number of nitrogens with zero attached hydrogens (tertiary/aromatic N) is 3. The van der Waals surface area contributed by atoms with Gasteiger partial charge in [0.15, 0.2) is 0 Å². The Morgan fingerprint density at radius 2 is 1.66 bits per heavy atom. The van der Waals surface area contributed by atoms with Crippen molar-refractivity contribution in [2.45, 2.75) is 32.2 Å². The summed E-state index contributed by atoms with van der Waals surface area (Å²) in [6.07, 6.45) is 8.31. The van der Waals surface area contributed by atoms with Gasteiger partial charge >= 0.3 is 0 Å². The smallest absolute Gasteiger partial charge is 0.255 e. The van der Waals surface area contributed by atoms with E-state index < -0.39 is 0 Å². The van der Waals surface area contributed by atoms with Gasteiger partial charge in [-0.1, -0.05) is 30.3 Å². The molecule has 0 unspecified atom stereocenters. The predicted molar refractivity (Wildman–Crippen MR) is 145 cm³/mol. The Hall–Kier alpha value is -4.11. The van der Waals surface area contributed by atoms with Crippen LogP contribution in [-0.4, -0.2) is 52.2 Å². The third-order valence-corrected chi connectivity index (χ3v) is 6.99. The molecule has 1 aliphatic heterocycles. The second-order valence-corrected chi connectivity index (χ2v) is 10.0. The van der Waals surface area contributed by atoms with Gasteiger partial charge in [-0.25, -0.2) is 4.98 Å². The van der Waals surface area contributed by atoms with Crippen molar-refractivity contribution in [1.29, 1.82) is 0 Å². The molecule has 3 aromatic rings. The molecular weight excluding hydrogens is 480 g/mol. The number of amides is 3. The highest BCUT2D eigenvalue weighted by molar-refractivity contribution is 6.05. The molecule has 0 bridgehead atoms. The second kappa shape index (κ2) is 12.0. The van der Waals surface area contributed by atoms with Crippen molar-refractivity contribution in [3.63, 3.8) is 0 Å². The molecule has 0 radical (unpaired) electrons. The monoisotopic (exact) mass is 512 g/mol. The SMILES string of the molecule is O=C(NCC1CCN(Cc2ccccc2)CC1)c1cncc(NC(=O)c2ccnc(NC(=O)C3CC3)c2)c1. The Balaban J connectivity index is 1.09. The molecule has 2 fully saturated rings. The maximum absolute atomic E-state index is 12.8. The van der Waals surface area contributed by atoms with Crippen LogP contribution in [0.1, 0.15) is 52.0 Å². The van der Waals surface area contributed by atoms with Crippen LogP contribution in [0.4, 0.5) is 11.5 Å². The summed E-state index contributed by atoms with van der Waals surface area (Å²) >= 11 is 0. The fraction of sp³-hybridized carbons (Fsp3) is 0.345. The van der Waals surface area contributed by atoms with E-state index in [2.05, 4.69) is 55.1 Å². The lowest BCUT2D eigenvalue weighted by Gasteiger charge is -2.32. The summed E-state index contributed by atoms with van der Waals surface area (Å²) in [5.74, 6) is 0.150. The summed E-state index contributed by atoms with van der Waals surface area (Å²) in [5.41, 5.74) is 2.47. The molecule has 3 N–H and O–H groups in total. The number of benzene rings is 1. The van der Waals surface area contributed by atoms with Crippen molar-refractivity contribution in [3.05, 3.63) is 83.8 Å². The van der Waals surface area contributed by atoms with Crippen molar-refractivity contribution in [3.8, 4) is 0 Å². The Kier molecular flexibility index (Phi) is 8.04. The summed E-state index contributed by atoms with van der Waals surface area (Å²) in [7, 11) is 0. The van der Waals surface area contributed by atoms with Gasteiger partial charge < -0.3 is 16.0 Å². The van der Waals surface area contributed by atoms with Crippen molar-refractivity contribution < 1.29 is 14.4 Å². The van der Waals surface area contributed by atoms with Crippen LogP contribution in [0.3, 0.4) is 0 Å². The number of pyridine rings is 2. The number of likely N-dealkylation sites (tertiary alicyclic amines) is 1. The summed E-state index contributed by atoms with van der Waals surface area (Å²) in [6.45, 7) is 3.60. The number of rotatable bonds is 9. The highest BCUT2D eigenvalue weighted by atomic mass is 16.2. The Morgan fingerprint density at radius 3 is 2.42 bits per heavy atom. The zero-order chi connectivity index (χ0) is 26.3. The summed E-state index contributed by atoms with van der Waals surface area (Å²) in [5, 5.41) is 8.54. The average molecular weight is 513 g/mol. The first-order valence-electron chi connectivity index (χ1n) is 13.1. The molecule has 196 valence electrons. The van der Waals surface area contributed by atoms with Crippen molar-refractivity contribution >= 4 is 29.2 Å². The van der Waals surface area contributed by atoms with E-state index >= 15 is 0 Å². The van der Waals surface area contributed by atoms with Crippen LogP contribution in [0.15, 0.2) is 67.1 Å². The molecule has 2 aliphatic rings. The van der Waals surface area contributed by atoms with Crippen molar-refractivity contribution in [2.24, 2.45) is 11.8 Å². The van der Waals surface area contributed by atoms with Gasteiger partial charge in [0.2, 0.25) is 5.91 Å². The van der Waals surface area contributed by atoms with Crippen LogP contribution in [0.25, 0.3) is 0 Å². The van der Waals surface area contributed by atoms with E-state index in [0.717, 1.165) is 45.3 Å². The number of piperidine rings is 1. The van der Waals surface area contributed by atoms with E-state index in [0.29, 0.717) is 35.1 Å². The van der Waals surface area contributed by atoms with Gasteiger partial charge in [-0.2, -0.15) is 0 Å². The molecule has 3 heterocycles. The van der Waals surface area contributed by atoms with Gasteiger partial charge in [-0.05, 0) is 68.5 Å². The highest BCUT2D eigenvalue weighted by Crippen LogP contribution is 2.30. The first kappa shape index (κ1) is 25.5. The molecule has 1 saturated carbocycles. The van der Waals surface area contributed by atoms with Gasteiger partial charge in [-0.15, -0.1) is 0 Å². The van der Waals surface area contributed by atoms with E-state index in [-0.39, 0.29) is 23.6 Å². The molecule has 3 amide bonds. The minimum atomic E-state index is -0.379. The van der Waals surface area contributed by atoms with Gasteiger partial charge in [0.1, 0.15) is 5.82 Å². The number of hydrogen-bond acceptors (Lipinski definition) is 6.